The van der Waals surface area contributed by atoms with Crippen LogP contribution in [0.5, 0.6) is 0 Å². The molecule has 0 aromatic carbocycles. The largest absolute Gasteiger partial charge is 0.316 e. The summed E-state index contributed by atoms with van der Waals surface area (Å²) in [6, 6.07) is 0. The van der Waals surface area contributed by atoms with Crippen LogP contribution in [0.4, 0.5) is 0 Å². The van der Waals surface area contributed by atoms with Gasteiger partial charge in [-0.05, 0) is 70.7 Å². The van der Waals surface area contributed by atoms with Gasteiger partial charge in [-0.2, -0.15) is 0 Å². The Bertz CT molecular complexity index is 146. The van der Waals surface area contributed by atoms with E-state index in [-0.39, 0.29) is 0 Å². The highest BCUT2D eigenvalue weighted by Crippen LogP contribution is 2.16. The van der Waals surface area contributed by atoms with Crippen molar-refractivity contribution in [3.05, 3.63) is 0 Å². The molecule has 0 amide bonds. The fourth-order valence-corrected chi connectivity index (χ4v) is 2.75. The van der Waals surface area contributed by atoms with E-state index in [2.05, 4.69) is 10.2 Å². The van der Waals surface area contributed by atoms with E-state index in [1.165, 1.54) is 71.2 Å². The van der Waals surface area contributed by atoms with E-state index in [0.29, 0.717) is 0 Å². The molecule has 14 heavy (non-hydrogen) atoms. The van der Waals surface area contributed by atoms with Crippen molar-refractivity contribution in [3.8, 4) is 0 Å². The fourth-order valence-electron chi connectivity index (χ4n) is 2.75. The maximum Gasteiger partial charge on any atom is -0.00186 e. The van der Waals surface area contributed by atoms with Gasteiger partial charge >= 0.3 is 0 Å². The Morgan fingerprint density at radius 2 is 2.00 bits per heavy atom. The van der Waals surface area contributed by atoms with Gasteiger partial charge in [-0.15, -0.1) is 0 Å². The Balaban J connectivity index is 1.52. The molecule has 2 heterocycles. The summed E-state index contributed by atoms with van der Waals surface area (Å²) >= 11 is 0. The lowest BCUT2D eigenvalue weighted by molar-refractivity contribution is 0.220. The molecule has 82 valence electrons. The highest BCUT2D eigenvalue weighted by molar-refractivity contribution is 4.72. The molecule has 2 fully saturated rings. The number of nitrogens with zero attached hydrogens (tertiary/aromatic N) is 1. The Labute approximate surface area is 88.1 Å². The smallest absolute Gasteiger partial charge is 0.00186 e. The van der Waals surface area contributed by atoms with Gasteiger partial charge in [0.15, 0.2) is 0 Å². The molecular weight excluding hydrogens is 172 g/mol. The first kappa shape index (κ1) is 10.4. The third-order valence-corrected chi connectivity index (χ3v) is 3.70. The summed E-state index contributed by atoms with van der Waals surface area (Å²) in [5.41, 5.74) is 0. The van der Waals surface area contributed by atoms with Gasteiger partial charge in [-0.1, -0.05) is 6.42 Å². The van der Waals surface area contributed by atoms with Crippen molar-refractivity contribution in [2.45, 2.75) is 38.5 Å². The predicted octanol–water partition coefficient (Wildman–Crippen LogP) is 1.86. The lowest BCUT2D eigenvalue weighted by Gasteiger charge is -2.26. The van der Waals surface area contributed by atoms with E-state index in [0.717, 1.165) is 5.92 Å². The maximum absolute atomic E-state index is 3.45. The lowest BCUT2D eigenvalue weighted by atomic mass is 10.0. The quantitative estimate of drug-likeness (QED) is 0.738. The molecule has 2 saturated heterocycles. The number of hydrogen-bond donors (Lipinski definition) is 1. The number of nitrogens with one attached hydrogen (secondary N) is 1. The maximum atomic E-state index is 3.45. The molecule has 2 aliphatic heterocycles. The van der Waals surface area contributed by atoms with Crippen molar-refractivity contribution in [2.24, 2.45) is 5.92 Å². The number of rotatable bonds is 4. The number of likely N-dealkylation sites (tertiary alicyclic amines) is 1. The fraction of sp³-hybridized carbons (Fsp3) is 1.00. The third kappa shape index (κ3) is 3.25. The highest BCUT2D eigenvalue weighted by atomic mass is 15.1. The van der Waals surface area contributed by atoms with Gasteiger partial charge < -0.3 is 10.2 Å². The van der Waals surface area contributed by atoms with Crippen molar-refractivity contribution in [3.63, 3.8) is 0 Å². The first-order chi connectivity index (χ1) is 6.95. The predicted molar refractivity (Wildman–Crippen MR) is 60.5 cm³/mol. The molecule has 2 rings (SSSR count). The second-order valence-corrected chi connectivity index (χ2v) is 4.90. The molecular formula is C12H24N2. The van der Waals surface area contributed by atoms with Gasteiger partial charge in [-0.3, -0.25) is 0 Å². The highest BCUT2D eigenvalue weighted by Gasteiger charge is 2.15. The zero-order valence-electron chi connectivity index (χ0n) is 9.30. The van der Waals surface area contributed by atoms with E-state index in [1.54, 1.807) is 0 Å². The summed E-state index contributed by atoms with van der Waals surface area (Å²) in [6.07, 6.45) is 8.62. The van der Waals surface area contributed by atoms with Gasteiger partial charge in [0.25, 0.3) is 0 Å². The molecule has 0 radical (unpaired) electrons. The summed E-state index contributed by atoms with van der Waals surface area (Å²) < 4.78 is 0. The standard InChI is InChI=1S/C12H24N2/c1-2-8-14(9-3-1)10-4-5-12-6-7-13-11-12/h12-13H,1-11H2. The lowest BCUT2D eigenvalue weighted by Crippen LogP contribution is -2.30. The van der Waals surface area contributed by atoms with Crippen molar-refractivity contribution < 1.29 is 0 Å². The van der Waals surface area contributed by atoms with E-state index in [9.17, 15) is 0 Å². The van der Waals surface area contributed by atoms with Gasteiger partial charge in [0, 0.05) is 0 Å². The molecule has 2 nitrogen and oxygen atoms in total. The van der Waals surface area contributed by atoms with E-state index in [1.807, 2.05) is 0 Å². The zero-order chi connectivity index (χ0) is 9.64. The van der Waals surface area contributed by atoms with Crippen LogP contribution in [0.15, 0.2) is 0 Å². The van der Waals surface area contributed by atoms with Gasteiger partial charge in [-0.25, -0.2) is 0 Å². The molecule has 2 aliphatic rings. The molecule has 0 aliphatic carbocycles. The topological polar surface area (TPSA) is 15.3 Å². The molecule has 0 aromatic rings. The minimum atomic E-state index is 0.986. The van der Waals surface area contributed by atoms with Crippen LogP contribution in [0.3, 0.4) is 0 Å². The minimum Gasteiger partial charge on any atom is -0.316 e. The van der Waals surface area contributed by atoms with Crippen molar-refractivity contribution in [1.82, 2.24) is 10.2 Å². The SMILES string of the molecule is C1CCN(CCCC2CCNC2)CC1. The Morgan fingerprint density at radius 3 is 2.71 bits per heavy atom. The Hall–Kier alpha value is -0.0800. The number of hydrogen-bond acceptors (Lipinski definition) is 2. The van der Waals surface area contributed by atoms with Gasteiger partial charge in [0.05, 0.1) is 0 Å². The Morgan fingerprint density at radius 1 is 1.14 bits per heavy atom. The second-order valence-electron chi connectivity index (χ2n) is 4.90. The summed E-state index contributed by atoms with van der Waals surface area (Å²) in [5, 5.41) is 3.45. The average molecular weight is 196 g/mol. The first-order valence-corrected chi connectivity index (χ1v) is 6.38. The summed E-state index contributed by atoms with van der Waals surface area (Å²) in [4.78, 5) is 2.66. The molecule has 1 atom stereocenters. The van der Waals surface area contributed by atoms with Crippen LogP contribution in [-0.2, 0) is 0 Å². The normalized spacial score (nSPS) is 29.6. The van der Waals surface area contributed by atoms with Crippen LogP contribution in [0.25, 0.3) is 0 Å². The Kier molecular flexibility index (Phi) is 4.26. The van der Waals surface area contributed by atoms with Crippen molar-refractivity contribution >= 4 is 0 Å². The van der Waals surface area contributed by atoms with E-state index in [4.69, 9.17) is 0 Å². The van der Waals surface area contributed by atoms with Crippen LogP contribution in [0, 0.1) is 5.92 Å². The monoisotopic (exact) mass is 196 g/mol. The van der Waals surface area contributed by atoms with Gasteiger partial charge in [0.1, 0.15) is 0 Å². The zero-order valence-corrected chi connectivity index (χ0v) is 9.30. The van der Waals surface area contributed by atoms with Crippen LogP contribution in [-0.4, -0.2) is 37.6 Å². The van der Waals surface area contributed by atoms with Crippen molar-refractivity contribution in [1.29, 1.82) is 0 Å². The van der Waals surface area contributed by atoms with E-state index < -0.39 is 0 Å². The molecule has 0 bridgehead atoms. The molecule has 0 saturated carbocycles. The van der Waals surface area contributed by atoms with Crippen LogP contribution < -0.4 is 5.32 Å². The molecule has 0 aromatic heterocycles. The van der Waals surface area contributed by atoms with Crippen LogP contribution in [0.1, 0.15) is 38.5 Å². The summed E-state index contributed by atoms with van der Waals surface area (Å²) in [6.45, 7) is 6.62. The molecule has 2 heteroatoms. The number of piperidine rings is 1. The molecule has 0 spiro atoms. The summed E-state index contributed by atoms with van der Waals surface area (Å²) in [5.74, 6) is 0.986. The minimum absolute atomic E-state index is 0.986. The van der Waals surface area contributed by atoms with Crippen LogP contribution >= 0.6 is 0 Å². The molecule has 1 N–H and O–H groups in total. The summed E-state index contributed by atoms with van der Waals surface area (Å²) in [7, 11) is 0. The van der Waals surface area contributed by atoms with E-state index >= 15 is 0 Å². The third-order valence-electron chi connectivity index (χ3n) is 3.70. The average Bonchev–Trinajstić information content (AvgIpc) is 2.72. The van der Waals surface area contributed by atoms with Gasteiger partial charge in [0.2, 0.25) is 0 Å². The first-order valence-electron chi connectivity index (χ1n) is 6.38. The second kappa shape index (κ2) is 5.72. The van der Waals surface area contributed by atoms with Crippen molar-refractivity contribution in [2.75, 3.05) is 32.7 Å². The van der Waals surface area contributed by atoms with Crippen LogP contribution in [0.2, 0.25) is 0 Å². The molecule has 1 unspecified atom stereocenters.